The second-order valence-corrected chi connectivity index (χ2v) is 7.70. The summed E-state index contributed by atoms with van der Waals surface area (Å²) >= 11 is 0. The molecular weight excluding hydrogens is 304 g/mol. The molecule has 3 rings (SSSR count). The van der Waals surface area contributed by atoms with Gasteiger partial charge in [0.05, 0.1) is 11.4 Å². The fourth-order valence-electron chi connectivity index (χ4n) is 3.06. The summed E-state index contributed by atoms with van der Waals surface area (Å²) in [6.07, 6.45) is 1.03. The van der Waals surface area contributed by atoms with E-state index in [9.17, 15) is 13.2 Å². The minimum absolute atomic E-state index is 0.0824. The van der Waals surface area contributed by atoms with E-state index in [0.717, 1.165) is 5.56 Å². The average molecular weight is 324 g/mol. The lowest BCUT2D eigenvalue weighted by Crippen LogP contribution is -2.47. The van der Waals surface area contributed by atoms with E-state index in [1.54, 1.807) is 23.1 Å². The van der Waals surface area contributed by atoms with Gasteiger partial charge >= 0.3 is 6.09 Å². The normalized spacial score (nSPS) is 21.1. The highest BCUT2D eigenvalue weighted by Crippen LogP contribution is 2.25. The molecule has 2 saturated heterocycles. The van der Waals surface area contributed by atoms with Gasteiger partial charge in [-0.2, -0.15) is 4.31 Å². The summed E-state index contributed by atoms with van der Waals surface area (Å²) in [7, 11) is -3.45. The number of amides is 1. The van der Waals surface area contributed by atoms with Gasteiger partial charge < -0.3 is 9.64 Å². The molecule has 0 aliphatic carbocycles. The Labute approximate surface area is 130 Å². The average Bonchev–Trinajstić information content (AvgIpc) is 2.93. The first-order valence-corrected chi connectivity index (χ1v) is 8.93. The van der Waals surface area contributed by atoms with Crippen LogP contribution in [0.5, 0.6) is 0 Å². The molecule has 0 atom stereocenters. The van der Waals surface area contributed by atoms with Crippen molar-refractivity contribution >= 4 is 16.1 Å². The van der Waals surface area contributed by atoms with Crippen LogP contribution < -0.4 is 0 Å². The molecule has 2 aliphatic rings. The Morgan fingerprint density at radius 2 is 1.91 bits per heavy atom. The minimum Gasteiger partial charge on any atom is -0.448 e. The van der Waals surface area contributed by atoms with Gasteiger partial charge in [0.25, 0.3) is 0 Å². The number of nitrogens with zero attached hydrogens (tertiary/aromatic N) is 2. The Balaban J connectivity index is 1.69. The lowest BCUT2D eigenvalue weighted by Gasteiger charge is -2.34. The molecule has 0 unspecified atom stereocenters. The van der Waals surface area contributed by atoms with Crippen molar-refractivity contribution in [1.29, 1.82) is 0 Å². The summed E-state index contributed by atoms with van der Waals surface area (Å²) in [6, 6.07) is 7.05. The topological polar surface area (TPSA) is 66.9 Å². The first-order chi connectivity index (χ1) is 10.5. The molecule has 0 aromatic heterocycles. The summed E-state index contributed by atoms with van der Waals surface area (Å²) in [5.74, 6) is 0. The van der Waals surface area contributed by atoms with Crippen LogP contribution in [0.15, 0.2) is 29.2 Å². The van der Waals surface area contributed by atoms with Crippen LogP contribution in [-0.4, -0.2) is 56.0 Å². The van der Waals surface area contributed by atoms with Gasteiger partial charge in [-0.15, -0.1) is 0 Å². The van der Waals surface area contributed by atoms with Crippen LogP contribution in [0, 0.1) is 6.92 Å². The smallest absolute Gasteiger partial charge is 0.410 e. The van der Waals surface area contributed by atoms with Gasteiger partial charge in [0, 0.05) is 19.1 Å². The van der Waals surface area contributed by atoms with E-state index in [-0.39, 0.29) is 12.1 Å². The van der Waals surface area contributed by atoms with E-state index in [4.69, 9.17) is 4.74 Å². The molecule has 1 aromatic rings. The zero-order valence-corrected chi connectivity index (χ0v) is 13.4. The van der Waals surface area contributed by atoms with Gasteiger partial charge in [-0.25, -0.2) is 13.2 Å². The molecule has 2 aliphatic heterocycles. The van der Waals surface area contributed by atoms with Crippen LogP contribution in [0.3, 0.4) is 0 Å². The quantitative estimate of drug-likeness (QED) is 0.847. The molecule has 1 aromatic carbocycles. The Bertz CT molecular complexity index is 666. The molecule has 0 spiro atoms. The second kappa shape index (κ2) is 5.89. The van der Waals surface area contributed by atoms with E-state index >= 15 is 0 Å². The van der Waals surface area contributed by atoms with Crippen molar-refractivity contribution in [2.45, 2.75) is 30.7 Å². The fourth-order valence-corrected chi connectivity index (χ4v) is 4.63. The van der Waals surface area contributed by atoms with Gasteiger partial charge in [0.15, 0.2) is 0 Å². The molecule has 0 bridgehead atoms. The Morgan fingerprint density at radius 3 is 2.50 bits per heavy atom. The van der Waals surface area contributed by atoms with E-state index in [1.165, 1.54) is 4.31 Å². The number of carbonyl (C=O) groups excluding carboxylic acids is 1. The fraction of sp³-hybridized carbons (Fsp3) is 0.533. The third kappa shape index (κ3) is 2.83. The van der Waals surface area contributed by atoms with Crippen molar-refractivity contribution in [3.05, 3.63) is 29.8 Å². The van der Waals surface area contributed by atoms with Crippen LogP contribution in [0.25, 0.3) is 0 Å². The monoisotopic (exact) mass is 324 g/mol. The molecule has 0 radical (unpaired) electrons. The van der Waals surface area contributed by atoms with E-state index < -0.39 is 10.0 Å². The van der Waals surface area contributed by atoms with E-state index in [0.29, 0.717) is 44.0 Å². The third-order valence-electron chi connectivity index (χ3n) is 4.28. The first kappa shape index (κ1) is 15.3. The molecule has 0 N–H and O–H groups in total. The molecule has 6 nitrogen and oxygen atoms in total. The number of piperidine rings is 1. The van der Waals surface area contributed by atoms with Crippen LogP contribution in [0.4, 0.5) is 4.79 Å². The number of cyclic esters (lactones) is 1. The van der Waals surface area contributed by atoms with Crippen molar-refractivity contribution in [2.75, 3.05) is 26.2 Å². The molecule has 7 heteroatoms. The van der Waals surface area contributed by atoms with Gasteiger partial charge in [-0.05, 0) is 37.5 Å². The highest BCUT2D eigenvalue weighted by atomic mass is 32.2. The minimum atomic E-state index is -3.45. The number of sulfonamides is 1. The summed E-state index contributed by atoms with van der Waals surface area (Å²) in [5.41, 5.74) is 0.927. The van der Waals surface area contributed by atoms with Gasteiger partial charge in [0.1, 0.15) is 6.61 Å². The standard InChI is InChI=1S/C15H20N2O4S/c1-12-3-2-4-14(11-12)22(19,20)16-7-5-13(6-8-16)17-9-10-21-15(17)18/h2-4,11,13H,5-10H2,1H3. The predicted octanol–water partition coefficient (Wildman–Crippen LogP) is 1.60. The number of aryl methyl sites for hydroxylation is 1. The molecule has 2 heterocycles. The van der Waals surface area contributed by atoms with Crippen molar-refractivity contribution in [1.82, 2.24) is 9.21 Å². The highest BCUT2D eigenvalue weighted by Gasteiger charge is 2.35. The number of ether oxygens (including phenoxy) is 1. The zero-order chi connectivity index (χ0) is 15.7. The summed E-state index contributed by atoms with van der Waals surface area (Å²) in [6.45, 7) is 3.79. The van der Waals surface area contributed by atoms with Crippen LogP contribution in [0.1, 0.15) is 18.4 Å². The van der Waals surface area contributed by atoms with Crippen molar-refractivity contribution < 1.29 is 17.9 Å². The Hall–Kier alpha value is -1.60. The maximum absolute atomic E-state index is 12.7. The number of rotatable bonds is 3. The third-order valence-corrected chi connectivity index (χ3v) is 6.18. The largest absolute Gasteiger partial charge is 0.448 e. The van der Waals surface area contributed by atoms with Gasteiger partial charge in [-0.3, -0.25) is 0 Å². The van der Waals surface area contributed by atoms with Crippen LogP contribution in [-0.2, 0) is 14.8 Å². The van der Waals surface area contributed by atoms with Crippen LogP contribution in [0.2, 0.25) is 0 Å². The maximum Gasteiger partial charge on any atom is 0.410 e. The lowest BCUT2D eigenvalue weighted by molar-refractivity contribution is 0.134. The van der Waals surface area contributed by atoms with Gasteiger partial charge in [0.2, 0.25) is 10.0 Å². The molecular formula is C15H20N2O4S. The molecule has 2 fully saturated rings. The molecule has 1 amide bonds. The Morgan fingerprint density at radius 1 is 1.18 bits per heavy atom. The predicted molar refractivity (Wildman–Crippen MR) is 81.0 cm³/mol. The maximum atomic E-state index is 12.7. The van der Waals surface area contributed by atoms with E-state index in [1.807, 2.05) is 13.0 Å². The molecule has 120 valence electrons. The summed E-state index contributed by atoms with van der Waals surface area (Å²) in [5, 5.41) is 0. The second-order valence-electron chi connectivity index (χ2n) is 5.76. The van der Waals surface area contributed by atoms with Gasteiger partial charge in [-0.1, -0.05) is 12.1 Å². The molecule has 22 heavy (non-hydrogen) atoms. The van der Waals surface area contributed by atoms with Crippen LogP contribution >= 0.6 is 0 Å². The highest BCUT2D eigenvalue weighted by molar-refractivity contribution is 7.89. The lowest BCUT2D eigenvalue weighted by atomic mass is 10.1. The summed E-state index contributed by atoms with van der Waals surface area (Å²) < 4.78 is 31.8. The van der Waals surface area contributed by atoms with Crippen molar-refractivity contribution in [3.8, 4) is 0 Å². The zero-order valence-electron chi connectivity index (χ0n) is 12.6. The number of hydrogen-bond acceptors (Lipinski definition) is 4. The van der Waals surface area contributed by atoms with Crippen molar-refractivity contribution in [2.24, 2.45) is 0 Å². The first-order valence-electron chi connectivity index (χ1n) is 7.49. The summed E-state index contributed by atoms with van der Waals surface area (Å²) in [4.78, 5) is 13.6. The number of benzene rings is 1. The number of hydrogen-bond donors (Lipinski definition) is 0. The Kier molecular flexibility index (Phi) is 4.10. The molecule has 0 saturated carbocycles. The SMILES string of the molecule is Cc1cccc(S(=O)(=O)N2CCC(N3CCOC3=O)CC2)c1. The van der Waals surface area contributed by atoms with E-state index in [2.05, 4.69) is 0 Å². The number of carbonyl (C=O) groups is 1. The van der Waals surface area contributed by atoms with Crippen molar-refractivity contribution in [3.63, 3.8) is 0 Å².